The Morgan fingerprint density at radius 3 is 2.37 bits per heavy atom. The van der Waals surface area contributed by atoms with Gasteiger partial charge in [-0.15, -0.1) is 0 Å². The van der Waals surface area contributed by atoms with Crippen molar-refractivity contribution in [3.63, 3.8) is 0 Å². The van der Waals surface area contributed by atoms with Gasteiger partial charge in [-0.3, -0.25) is 0 Å². The number of likely N-dealkylation sites (tertiary alicyclic amines) is 1. The molecule has 9 heteroatoms. The van der Waals surface area contributed by atoms with Gasteiger partial charge >= 0.3 is 6.09 Å². The molecule has 1 amide bonds. The number of amides is 1. The van der Waals surface area contributed by atoms with E-state index in [9.17, 15) is 13.6 Å². The van der Waals surface area contributed by atoms with E-state index in [1.54, 1.807) is 0 Å². The minimum atomic E-state index is -1.24. The number of hydrogen-bond donors (Lipinski definition) is 1. The van der Waals surface area contributed by atoms with Crippen molar-refractivity contribution in [3.05, 3.63) is 113 Å². The number of ether oxygens (including phenoxy) is 1. The van der Waals surface area contributed by atoms with Crippen LogP contribution in [0.5, 0.6) is 0 Å². The summed E-state index contributed by atoms with van der Waals surface area (Å²) in [5.74, 6) is -1.24. The molecule has 1 N–H and O–H groups in total. The second-order valence-corrected chi connectivity index (χ2v) is 12.0. The minimum Gasteiger partial charge on any atom is -0.445 e. The van der Waals surface area contributed by atoms with Gasteiger partial charge in [0.15, 0.2) is 0 Å². The summed E-state index contributed by atoms with van der Waals surface area (Å²) >= 11 is 0. The number of oxazole rings is 1. The van der Waals surface area contributed by atoms with E-state index in [2.05, 4.69) is 5.32 Å². The van der Waals surface area contributed by atoms with Gasteiger partial charge in [-0.25, -0.2) is 22.9 Å². The summed E-state index contributed by atoms with van der Waals surface area (Å²) in [4.78, 5) is 18.8. The summed E-state index contributed by atoms with van der Waals surface area (Å²) in [5, 5.41) is 3.47. The lowest BCUT2D eigenvalue weighted by Crippen LogP contribution is -2.38. The molecule has 0 radical (unpaired) electrons. The molecule has 0 aliphatic carbocycles. The maximum atomic E-state index is 15.2. The molecule has 0 spiro atoms. The number of alkyl halides is 1. The monoisotopic (exact) mass is 591 g/mol. The third-order valence-corrected chi connectivity index (χ3v) is 7.64. The van der Waals surface area contributed by atoms with Crippen LogP contribution in [0.1, 0.15) is 49.4 Å². The molecule has 0 bridgehead atoms. The first-order chi connectivity index (χ1) is 20.6. The van der Waals surface area contributed by atoms with Crippen molar-refractivity contribution in [2.24, 2.45) is 11.3 Å². The summed E-state index contributed by atoms with van der Waals surface area (Å²) in [5.41, 5.74) is 1.87. The largest absolute Gasteiger partial charge is 0.445 e. The van der Waals surface area contributed by atoms with E-state index in [0.717, 1.165) is 29.3 Å². The zero-order valence-electron chi connectivity index (χ0n) is 24.5. The van der Waals surface area contributed by atoms with Crippen LogP contribution in [0.2, 0.25) is 0 Å². The molecule has 3 atom stereocenters. The Kier molecular flexibility index (Phi) is 9.20. The normalized spacial score (nSPS) is 17.7. The Morgan fingerprint density at radius 1 is 1.02 bits per heavy atom. The standard InChI is InChI=1S/C34H36F3N3O3/c1-34(2,3)31(38-18-24-19-40(20-28(24)37)33(41)42-21-23-12-8-5-9-13-23)30-29(16-22-10-6-4-7-11-22)43-32(39-30)26-17-25(35)14-15-27(26)36/h4-15,17,24,28,31,38H,16,18-21H2,1-3H3/t24-,28+,31+/m1/s1. The molecule has 1 saturated heterocycles. The molecule has 3 aromatic carbocycles. The molecule has 0 saturated carbocycles. The van der Waals surface area contributed by atoms with Gasteiger partial charge in [0.2, 0.25) is 5.89 Å². The summed E-state index contributed by atoms with van der Waals surface area (Å²) in [6, 6.07) is 21.7. The SMILES string of the molecule is CC(C)(C)[C@@H](NC[C@@H]1CN(C(=O)OCc2ccccc2)C[C@@H]1F)c1nc(-c2cc(F)ccc2F)oc1Cc1ccccc1. The van der Waals surface area contributed by atoms with Crippen LogP contribution in [0.15, 0.2) is 83.3 Å². The Labute approximate surface area is 249 Å². The van der Waals surface area contributed by atoms with Crippen LogP contribution < -0.4 is 5.32 Å². The number of aromatic nitrogens is 1. The first kappa shape index (κ1) is 30.4. The Morgan fingerprint density at radius 2 is 1.70 bits per heavy atom. The second-order valence-electron chi connectivity index (χ2n) is 12.0. The third-order valence-electron chi connectivity index (χ3n) is 7.64. The van der Waals surface area contributed by atoms with Crippen LogP contribution in [0.25, 0.3) is 11.5 Å². The van der Waals surface area contributed by atoms with Gasteiger partial charge in [-0.05, 0) is 34.7 Å². The number of hydrogen-bond acceptors (Lipinski definition) is 5. The lowest BCUT2D eigenvalue weighted by molar-refractivity contribution is 0.101. The number of benzene rings is 3. The second kappa shape index (κ2) is 13.0. The number of halogens is 3. The number of nitrogens with one attached hydrogen (secondary N) is 1. The van der Waals surface area contributed by atoms with Crippen molar-refractivity contribution in [1.82, 2.24) is 15.2 Å². The average Bonchev–Trinajstić information content (AvgIpc) is 3.56. The molecule has 4 aromatic rings. The molecule has 1 aliphatic rings. The molecule has 1 aromatic heterocycles. The van der Waals surface area contributed by atoms with Crippen molar-refractivity contribution in [1.29, 1.82) is 0 Å². The van der Waals surface area contributed by atoms with E-state index in [4.69, 9.17) is 14.1 Å². The van der Waals surface area contributed by atoms with Gasteiger partial charge in [0.25, 0.3) is 0 Å². The maximum absolute atomic E-state index is 15.2. The number of nitrogens with zero attached hydrogens (tertiary/aromatic N) is 2. The van der Waals surface area contributed by atoms with Gasteiger partial charge < -0.3 is 19.4 Å². The number of carbonyl (C=O) groups excluding carboxylic acids is 1. The lowest BCUT2D eigenvalue weighted by Gasteiger charge is -2.32. The van der Waals surface area contributed by atoms with Gasteiger partial charge in [0.1, 0.15) is 35.9 Å². The first-order valence-electron chi connectivity index (χ1n) is 14.4. The molecule has 1 aliphatic heterocycles. The Balaban J connectivity index is 1.35. The molecule has 43 heavy (non-hydrogen) atoms. The smallest absolute Gasteiger partial charge is 0.410 e. The summed E-state index contributed by atoms with van der Waals surface area (Å²) in [7, 11) is 0. The lowest BCUT2D eigenvalue weighted by atomic mass is 9.83. The fourth-order valence-electron chi connectivity index (χ4n) is 5.34. The molecule has 0 unspecified atom stereocenters. The van der Waals surface area contributed by atoms with E-state index in [0.29, 0.717) is 17.9 Å². The predicted molar refractivity (Wildman–Crippen MR) is 158 cm³/mol. The van der Waals surface area contributed by atoms with Gasteiger partial charge in [-0.1, -0.05) is 81.4 Å². The molecule has 2 heterocycles. The van der Waals surface area contributed by atoms with Crippen molar-refractivity contribution in [2.45, 2.75) is 46.0 Å². The predicted octanol–water partition coefficient (Wildman–Crippen LogP) is 7.49. The van der Waals surface area contributed by atoms with E-state index < -0.39 is 41.3 Å². The molecular formula is C34H36F3N3O3. The molecule has 1 fully saturated rings. The van der Waals surface area contributed by atoms with E-state index >= 15 is 4.39 Å². The Hall–Kier alpha value is -4.11. The van der Waals surface area contributed by atoms with Gasteiger partial charge in [-0.2, -0.15) is 0 Å². The van der Waals surface area contributed by atoms with Crippen LogP contribution in [-0.4, -0.2) is 41.8 Å². The van der Waals surface area contributed by atoms with Crippen molar-refractivity contribution >= 4 is 6.09 Å². The van der Waals surface area contributed by atoms with Crippen LogP contribution in [0.3, 0.4) is 0 Å². The topological polar surface area (TPSA) is 67.6 Å². The van der Waals surface area contributed by atoms with Crippen LogP contribution in [0.4, 0.5) is 18.0 Å². The van der Waals surface area contributed by atoms with E-state index in [1.165, 1.54) is 4.90 Å². The average molecular weight is 592 g/mol. The van der Waals surface area contributed by atoms with Crippen LogP contribution in [0, 0.1) is 23.0 Å². The zero-order chi connectivity index (χ0) is 30.6. The first-order valence-corrected chi connectivity index (χ1v) is 14.4. The summed E-state index contributed by atoms with van der Waals surface area (Å²) < 4.78 is 55.5. The van der Waals surface area contributed by atoms with Crippen molar-refractivity contribution in [2.75, 3.05) is 19.6 Å². The highest BCUT2D eigenvalue weighted by atomic mass is 19.1. The molecular weight excluding hydrogens is 555 g/mol. The fraction of sp³-hybridized carbons (Fsp3) is 0.353. The van der Waals surface area contributed by atoms with Crippen molar-refractivity contribution < 1.29 is 27.1 Å². The van der Waals surface area contributed by atoms with Crippen LogP contribution >= 0.6 is 0 Å². The van der Waals surface area contributed by atoms with Crippen molar-refractivity contribution in [3.8, 4) is 11.5 Å². The van der Waals surface area contributed by atoms with E-state index in [-0.39, 0.29) is 37.7 Å². The van der Waals surface area contributed by atoms with Gasteiger partial charge in [0, 0.05) is 25.4 Å². The highest BCUT2D eigenvalue weighted by molar-refractivity contribution is 5.68. The summed E-state index contributed by atoms with van der Waals surface area (Å²) in [6.07, 6.45) is -1.41. The summed E-state index contributed by atoms with van der Waals surface area (Å²) in [6.45, 7) is 6.58. The number of carbonyl (C=O) groups is 1. The fourth-order valence-corrected chi connectivity index (χ4v) is 5.34. The number of rotatable bonds is 9. The molecule has 5 rings (SSSR count). The minimum absolute atomic E-state index is 0.0226. The van der Waals surface area contributed by atoms with Gasteiger partial charge in [0.05, 0.1) is 18.2 Å². The zero-order valence-corrected chi connectivity index (χ0v) is 24.5. The Bertz CT molecular complexity index is 1520. The van der Waals surface area contributed by atoms with E-state index in [1.807, 2.05) is 81.4 Å². The highest BCUT2D eigenvalue weighted by Gasteiger charge is 2.39. The molecule has 6 nitrogen and oxygen atoms in total. The third kappa shape index (κ3) is 7.46. The van der Waals surface area contributed by atoms with Crippen LogP contribution in [-0.2, 0) is 17.8 Å². The highest BCUT2D eigenvalue weighted by Crippen LogP contribution is 2.38. The molecule has 226 valence electrons. The quantitative estimate of drug-likeness (QED) is 0.218. The maximum Gasteiger partial charge on any atom is 0.410 e.